The summed E-state index contributed by atoms with van der Waals surface area (Å²) < 4.78 is 3.49. The van der Waals surface area contributed by atoms with Crippen LogP contribution in [0.15, 0.2) is 65.8 Å². The first kappa shape index (κ1) is 15.8. The molecule has 0 aliphatic rings. The predicted molar refractivity (Wildman–Crippen MR) is 106 cm³/mol. The van der Waals surface area contributed by atoms with Gasteiger partial charge in [0.15, 0.2) is 0 Å². The molecule has 1 aromatic heterocycles. The normalized spacial score (nSPS) is 11.1. The van der Waals surface area contributed by atoms with Crippen LogP contribution in [0.3, 0.4) is 0 Å². The number of hydrogen-bond donors (Lipinski definition) is 1. The van der Waals surface area contributed by atoms with Gasteiger partial charge < -0.3 is 4.57 Å². The fourth-order valence-corrected chi connectivity index (χ4v) is 2.95. The highest BCUT2D eigenvalue weighted by Crippen LogP contribution is 2.20. The zero-order valence-electron chi connectivity index (χ0n) is 13.1. The molecule has 3 aromatic rings. The quantitative estimate of drug-likeness (QED) is 0.357. The molecule has 0 amide bonds. The first-order valence-electron chi connectivity index (χ1n) is 7.44. The van der Waals surface area contributed by atoms with Crippen LogP contribution in [0.4, 0.5) is 5.69 Å². The van der Waals surface area contributed by atoms with Crippen LogP contribution in [0.25, 0.3) is 5.69 Å². The van der Waals surface area contributed by atoms with E-state index in [4.69, 9.17) is 0 Å². The highest BCUT2D eigenvalue weighted by Gasteiger charge is 2.09. The van der Waals surface area contributed by atoms with Gasteiger partial charge in [0.25, 0.3) is 0 Å². The molecule has 1 heterocycles. The number of nitrogens with zero attached hydrogens (tertiary/aromatic N) is 2. The van der Waals surface area contributed by atoms with E-state index in [0.717, 1.165) is 11.3 Å². The third-order valence-corrected chi connectivity index (χ3v) is 4.45. The molecule has 116 valence electrons. The molecule has 0 radical (unpaired) electrons. The summed E-state index contributed by atoms with van der Waals surface area (Å²) in [5.74, 6) is 0. The molecule has 0 aliphatic carbocycles. The molecule has 3 rings (SSSR count). The minimum Gasteiger partial charge on any atom is -0.318 e. The summed E-state index contributed by atoms with van der Waals surface area (Å²) in [6.07, 6.45) is 1.87. The minimum atomic E-state index is 0.982. The van der Waals surface area contributed by atoms with Gasteiger partial charge in [-0.3, -0.25) is 5.43 Å². The molecule has 4 heteroatoms. The van der Waals surface area contributed by atoms with Gasteiger partial charge in [-0.05, 0) is 78.9 Å². The second kappa shape index (κ2) is 7.00. The van der Waals surface area contributed by atoms with Crippen molar-refractivity contribution in [1.82, 2.24) is 4.57 Å². The van der Waals surface area contributed by atoms with Crippen LogP contribution in [-0.4, -0.2) is 10.8 Å². The number of anilines is 1. The largest absolute Gasteiger partial charge is 0.318 e. The number of aryl methyl sites for hydroxylation is 1. The van der Waals surface area contributed by atoms with Crippen molar-refractivity contribution in [1.29, 1.82) is 0 Å². The molecule has 3 nitrogen and oxygen atoms in total. The molecule has 2 aromatic carbocycles. The number of rotatable bonds is 4. The van der Waals surface area contributed by atoms with Crippen molar-refractivity contribution < 1.29 is 0 Å². The Kier molecular flexibility index (Phi) is 4.81. The van der Waals surface area contributed by atoms with Crippen LogP contribution in [0.5, 0.6) is 0 Å². The van der Waals surface area contributed by atoms with Crippen molar-refractivity contribution in [2.45, 2.75) is 13.8 Å². The summed E-state index contributed by atoms with van der Waals surface area (Å²) in [4.78, 5) is 0. The van der Waals surface area contributed by atoms with Crippen LogP contribution in [0.1, 0.15) is 17.0 Å². The first-order valence-corrected chi connectivity index (χ1v) is 8.52. The van der Waals surface area contributed by atoms with Crippen molar-refractivity contribution in [2.75, 3.05) is 5.43 Å². The third-order valence-electron chi connectivity index (χ3n) is 3.73. The summed E-state index contributed by atoms with van der Waals surface area (Å²) in [6, 6.07) is 20.6. The Hall–Kier alpha value is -2.08. The topological polar surface area (TPSA) is 29.3 Å². The summed E-state index contributed by atoms with van der Waals surface area (Å²) in [7, 11) is 0. The van der Waals surface area contributed by atoms with E-state index >= 15 is 0 Å². The van der Waals surface area contributed by atoms with Gasteiger partial charge in [-0.1, -0.05) is 18.2 Å². The van der Waals surface area contributed by atoms with Crippen molar-refractivity contribution in [3.8, 4) is 5.69 Å². The highest BCUT2D eigenvalue weighted by molar-refractivity contribution is 14.1. The monoisotopic (exact) mass is 415 g/mol. The van der Waals surface area contributed by atoms with Crippen LogP contribution in [-0.2, 0) is 0 Å². The van der Waals surface area contributed by atoms with Crippen molar-refractivity contribution in [3.63, 3.8) is 0 Å². The number of aromatic nitrogens is 1. The Morgan fingerprint density at radius 2 is 1.70 bits per heavy atom. The molecule has 0 bridgehead atoms. The first-order chi connectivity index (χ1) is 11.1. The molecule has 0 spiro atoms. The van der Waals surface area contributed by atoms with E-state index in [1.54, 1.807) is 0 Å². The van der Waals surface area contributed by atoms with E-state index in [2.05, 4.69) is 81.9 Å². The summed E-state index contributed by atoms with van der Waals surface area (Å²) in [5, 5.41) is 4.35. The number of halogens is 1. The van der Waals surface area contributed by atoms with E-state index in [-0.39, 0.29) is 0 Å². The maximum Gasteiger partial charge on any atom is 0.0562 e. The SMILES string of the molecule is Cc1cc(/C=N\Nc2ccccc2)c(C)n1-c1ccc(I)cc1. The van der Waals surface area contributed by atoms with E-state index in [1.807, 2.05) is 36.5 Å². The highest BCUT2D eigenvalue weighted by atomic mass is 127. The molecule has 23 heavy (non-hydrogen) atoms. The van der Waals surface area contributed by atoms with Gasteiger partial charge in [-0.25, -0.2) is 0 Å². The van der Waals surface area contributed by atoms with Crippen LogP contribution < -0.4 is 5.43 Å². The standard InChI is InChI=1S/C19H18IN3/c1-14-12-16(13-21-22-18-6-4-3-5-7-18)15(2)23(14)19-10-8-17(20)9-11-19/h3-13,22H,1-2H3/b21-13-. The van der Waals surface area contributed by atoms with Gasteiger partial charge in [0.2, 0.25) is 0 Å². The Morgan fingerprint density at radius 3 is 2.39 bits per heavy atom. The average molecular weight is 415 g/mol. The zero-order chi connectivity index (χ0) is 16.2. The van der Waals surface area contributed by atoms with E-state index in [0.29, 0.717) is 0 Å². The summed E-state index contributed by atoms with van der Waals surface area (Å²) in [6.45, 7) is 4.24. The zero-order valence-corrected chi connectivity index (χ0v) is 15.3. The van der Waals surface area contributed by atoms with Gasteiger partial charge >= 0.3 is 0 Å². The molecule has 0 fully saturated rings. The maximum atomic E-state index is 4.35. The lowest BCUT2D eigenvalue weighted by molar-refractivity contribution is 0.964. The smallest absolute Gasteiger partial charge is 0.0562 e. The molecular formula is C19H18IN3. The summed E-state index contributed by atoms with van der Waals surface area (Å²) in [5.41, 5.74) is 8.71. The van der Waals surface area contributed by atoms with Gasteiger partial charge in [-0.15, -0.1) is 0 Å². The third kappa shape index (κ3) is 3.64. The van der Waals surface area contributed by atoms with Crippen LogP contribution >= 0.6 is 22.6 Å². The molecule has 1 N–H and O–H groups in total. The fourth-order valence-electron chi connectivity index (χ4n) is 2.59. The molecule has 0 atom stereocenters. The molecular weight excluding hydrogens is 397 g/mol. The van der Waals surface area contributed by atoms with Crippen LogP contribution in [0.2, 0.25) is 0 Å². The predicted octanol–water partition coefficient (Wildman–Crippen LogP) is 5.14. The maximum absolute atomic E-state index is 4.35. The minimum absolute atomic E-state index is 0.982. The lowest BCUT2D eigenvalue weighted by Crippen LogP contribution is -1.99. The Morgan fingerprint density at radius 1 is 1.00 bits per heavy atom. The average Bonchev–Trinajstić information content (AvgIpc) is 2.84. The lowest BCUT2D eigenvalue weighted by Gasteiger charge is -2.09. The number of nitrogens with one attached hydrogen (secondary N) is 1. The van der Waals surface area contributed by atoms with Crippen molar-refractivity contribution >= 4 is 34.5 Å². The van der Waals surface area contributed by atoms with Gasteiger partial charge in [0, 0.05) is 26.2 Å². The van der Waals surface area contributed by atoms with Crippen molar-refractivity contribution in [2.24, 2.45) is 5.10 Å². The van der Waals surface area contributed by atoms with E-state index in [9.17, 15) is 0 Å². The summed E-state index contributed by atoms with van der Waals surface area (Å²) >= 11 is 2.32. The van der Waals surface area contributed by atoms with E-state index < -0.39 is 0 Å². The Labute approximate surface area is 150 Å². The number of hydrazone groups is 1. The fraction of sp³-hybridized carbons (Fsp3) is 0.105. The molecule has 0 unspecified atom stereocenters. The van der Waals surface area contributed by atoms with Gasteiger partial charge in [0.05, 0.1) is 11.9 Å². The second-order valence-corrected chi connectivity index (χ2v) is 6.62. The lowest BCUT2D eigenvalue weighted by atomic mass is 10.2. The van der Waals surface area contributed by atoms with E-state index in [1.165, 1.54) is 20.6 Å². The Balaban J connectivity index is 1.84. The van der Waals surface area contributed by atoms with Crippen LogP contribution in [0, 0.1) is 17.4 Å². The number of para-hydroxylation sites is 1. The molecule has 0 saturated carbocycles. The molecule has 0 saturated heterocycles. The van der Waals surface area contributed by atoms with Gasteiger partial charge in [0.1, 0.15) is 0 Å². The molecule has 0 aliphatic heterocycles. The van der Waals surface area contributed by atoms with Crippen molar-refractivity contribution in [3.05, 3.63) is 81.2 Å². The Bertz CT molecular complexity index is 818. The number of hydrogen-bond acceptors (Lipinski definition) is 2. The van der Waals surface area contributed by atoms with Gasteiger partial charge in [-0.2, -0.15) is 5.10 Å². The number of benzene rings is 2. The second-order valence-electron chi connectivity index (χ2n) is 5.37.